The summed E-state index contributed by atoms with van der Waals surface area (Å²) in [5.74, 6) is -0.973. The van der Waals surface area contributed by atoms with Gasteiger partial charge in [-0.2, -0.15) is 0 Å². The second-order valence-corrected chi connectivity index (χ2v) is 8.43. The second kappa shape index (κ2) is 11.0. The minimum atomic E-state index is -0.622. The normalized spacial score (nSPS) is 10.4. The van der Waals surface area contributed by atoms with Gasteiger partial charge >= 0.3 is 5.97 Å². The maximum absolute atomic E-state index is 13.0. The third-order valence-corrected chi connectivity index (χ3v) is 6.33. The van der Waals surface area contributed by atoms with Gasteiger partial charge in [0, 0.05) is 10.7 Å². The van der Waals surface area contributed by atoms with Crippen molar-refractivity contribution in [1.29, 1.82) is 0 Å². The smallest absolute Gasteiger partial charge is 0.341 e. The topological polar surface area (TPSA) is 93.7 Å². The third kappa shape index (κ3) is 5.91. The zero-order chi connectivity index (χ0) is 24.0. The Morgan fingerprint density at radius 1 is 0.970 bits per heavy atom. The van der Waals surface area contributed by atoms with Crippen LogP contribution in [0.4, 0.5) is 10.7 Å². The Balaban J connectivity index is 1.84. The molecular weight excluding hydrogens is 464 g/mol. The van der Waals surface area contributed by atoms with Crippen LogP contribution in [0, 0.1) is 13.8 Å². The molecule has 33 heavy (non-hydrogen) atoms. The molecule has 0 spiro atoms. The van der Waals surface area contributed by atoms with E-state index in [0.717, 1.165) is 16.9 Å². The number of carbonyl (C=O) groups excluding carboxylic acids is 3. The number of carbonyl (C=O) groups is 3. The number of ether oxygens (including phenoxy) is 2. The molecule has 3 rings (SSSR count). The average molecular weight is 487 g/mol. The number of esters is 1. The van der Waals surface area contributed by atoms with Gasteiger partial charge in [-0.25, -0.2) is 4.79 Å². The lowest BCUT2D eigenvalue weighted by molar-refractivity contribution is -0.118. The summed E-state index contributed by atoms with van der Waals surface area (Å²) in [4.78, 5) is 38.4. The molecule has 9 heteroatoms. The van der Waals surface area contributed by atoms with E-state index in [1.807, 2.05) is 6.07 Å². The highest BCUT2D eigenvalue weighted by Crippen LogP contribution is 2.35. The Bertz CT molecular complexity index is 1180. The molecule has 2 amide bonds. The number of para-hydroxylation sites is 1. The minimum absolute atomic E-state index is 0.142. The first-order valence-corrected chi connectivity index (χ1v) is 11.4. The zero-order valence-electron chi connectivity index (χ0n) is 18.4. The lowest BCUT2D eigenvalue weighted by Gasteiger charge is -2.09. The number of halogens is 1. The second-order valence-electron chi connectivity index (χ2n) is 7.00. The largest absolute Gasteiger partial charge is 0.484 e. The van der Waals surface area contributed by atoms with Crippen molar-refractivity contribution in [3.63, 3.8) is 0 Å². The maximum atomic E-state index is 13.0. The van der Waals surface area contributed by atoms with Crippen LogP contribution in [0.2, 0.25) is 5.02 Å². The summed E-state index contributed by atoms with van der Waals surface area (Å²) in [6.07, 6.45) is 0. The molecule has 0 aliphatic rings. The standard InChI is InChI=1S/C24H23ClN2O5S/c1-4-31-24(30)20-15(3)21(22(29)26-18-12-8-11-17(25)14(18)2)33-23(20)27-19(28)13-32-16-9-6-5-7-10-16/h5-12H,4,13H2,1-3H3,(H,26,29)(H,27,28). The number of thiophene rings is 1. The van der Waals surface area contributed by atoms with E-state index < -0.39 is 17.8 Å². The number of hydrogen-bond donors (Lipinski definition) is 2. The molecule has 3 aromatic rings. The summed E-state index contributed by atoms with van der Waals surface area (Å²) >= 11 is 7.14. The fourth-order valence-corrected chi connectivity index (χ4v) is 4.30. The molecule has 7 nitrogen and oxygen atoms in total. The van der Waals surface area contributed by atoms with Crippen LogP contribution >= 0.6 is 22.9 Å². The highest BCUT2D eigenvalue weighted by Gasteiger charge is 2.27. The van der Waals surface area contributed by atoms with Crippen LogP contribution in [0.3, 0.4) is 0 Å². The summed E-state index contributed by atoms with van der Waals surface area (Å²) in [5, 5.41) is 6.24. The number of rotatable bonds is 8. The van der Waals surface area contributed by atoms with Crippen LogP contribution in [-0.2, 0) is 9.53 Å². The van der Waals surface area contributed by atoms with Crippen molar-refractivity contribution in [1.82, 2.24) is 0 Å². The van der Waals surface area contributed by atoms with Crippen LogP contribution in [-0.4, -0.2) is 31.0 Å². The van der Waals surface area contributed by atoms with Gasteiger partial charge in [0.25, 0.3) is 11.8 Å². The van der Waals surface area contributed by atoms with E-state index in [1.54, 1.807) is 63.2 Å². The quantitative estimate of drug-likeness (QED) is 0.412. The number of nitrogens with one attached hydrogen (secondary N) is 2. The molecule has 0 bridgehead atoms. The molecule has 0 radical (unpaired) electrons. The summed E-state index contributed by atoms with van der Waals surface area (Å²) in [5.41, 5.74) is 1.83. The van der Waals surface area contributed by atoms with Gasteiger partial charge in [0.05, 0.1) is 17.0 Å². The number of anilines is 2. The van der Waals surface area contributed by atoms with Crippen molar-refractivity contribution in [2.75, 3.05) is 23.8 Å². The van der Waals surface area contributed by atoms with Gasteiger partial charge in [-0.15, -0.1) is 11.3 Å². The van der Waals surface area contributed by atoms with Gasteiger partial charge in [0.1, 0.15) is 10.8 Å². The molecule has 0 saturated carbocycles. The van der Waals surface area contributed by atoms with Crippen molar-refractivity contribution in [2.45, 2.75) is 20.8 Å². The first-order valence-electron chi connectivity index (χ1n) is 10.2. The lowest BCUT2D eigenvalue weighted by atomic mass is 10.1. The molecule has 2 aromatic carbocycles. The summed E-state index contributed by atoms with van der Waals surface area (Å²) in [7, 11) is 0. The van der Waals surface area contributed by atoms with E-state index in [1.165, 1.54) is 0 Å². The van der Waals surface area contributed by atoms with Gasteiger partial charge in [0.15, 0.2) is 6.61 Å². The molecule has 0 aliphatic carbocycles. The van der Waals surface area contributed by atoms with Crippen molar-refractivity contribution >= 4 is 51.4 Å². The minimum Gasteiger partial charge on any atom is -0.484 e. The fourth-order valence-electron chi connectivity index (χ4n) is 3.02. The van der Waals surface area contributed by atoms with Gasteiger partial charge in [-0.3, -0.25) is 9.59 Å². The highest BCUT2D eigenvalue weighted by molar-refractivity contribution is 7.19. The molecule has 0 unspecified atom stereocenters. The Morgan fingerprint density at radius 2 is 1.70 bits per heavy atom. The lowest BCUT2D eigenvalue weighted by Crippen LogP contribution is -2.21. The molecule has 172 valence electrons. The molecule has 2 N–H and O–H groups in total. The van der Waals surface area contributed by atoms with E-state index in [0.29, 0.717) is 22.0 Å². The molecule has 1 aromatic heterocycles. The van der Waals surface area contributed by atoms with Gasteiger partial charge in [0.2, 0.25) is 0 Å². The molecule has 0 fully saturated rings. The first-order chi connectivity index (χ1) is 15.8. The fraction of sp³-hybridized carbons (Fsp3) is 0.208. The van der Waals surface area contributed by atoms with Gasteiger partial charge in [-0.05, 0) is 56.2 Å². The van der Waals surface area contributed by atoms with Crippen molar-refractivity contribution < 1.29 is 23.9 Å². The molecule has 1 heterocycles. The Hall–Kier alpha value is -3.36. The van der Waals surface area contributed by atoms with E-state index in [2.05, 4.69) is 10.6 Å². The van der Waals surface area contributed by atoms with E-state index in [-0.39, 0.29) is 28.7 Å². The van der Waals surface area contributed by atoms with Crippen LogP contribution < -0.4 is 15.4 Å². The molecule has 0 aliphatic heterocycles. The summed E-state index contributed by atoms with van der Waals surface area (Å²) in [6.45, 7) is 5.01. The third-order valence-electron chi connectivity index (χ3n) is 4.71. The maximum Gasteiger partial charge on any atom is 0.341 e. The predicted molar refractivity (Wildman–Crippen MR) is 130 cm³/mol. The first kappa shape index (κ1) is 24.3. The summed E-state index contributed by atoms with van der Waals surface area (Å²) in [6, 6.07) is 14.1. The number of hydrogen-bond acceptors (Lipinski definition) is 6. The van der Waals surface area contributed by atoms with Gasteiger partial charge in [-0.1, -0.05) is 35.9 Å². The zero-order valence-corrected chi connectivity index (χ0v) is 19.9. The molecular formula is C24H23ClN2O5S. The average Bonchev–Trinajstić information content (AvgIpc) is 3.12. The Kier molecular flexibility index (Phi) is 8.08. The van der Waals surface area contributed by atoms with Crippen molar-refractivity contribution in [3.8, 4) is 5.75 Å². The monoisotopic (exact) mass is 486 g/mol. The van der Waals surface area contributed by atoms with Crippen LogP contribution in [0.1, 0.15) is 38.1 Å². The van der Waals surface area contributed by atoms with Crippen LogP contribution in [0.25, 0.3) is 0 Å². The van der Waals surface area contributed by atoms with E-state index in [9.17, 15) is 14.4 Å². The number of benzene rings is 2. The Labute approximate surface area is 200 Å². The SMILES string of the molecule is CCOC(=O)c1c(NC(=O)COc2ccccc2)sc(C(=O)Nc2cccc(Cl)c2C)c1C. The van der Waals surface area contributed by atoms with E-state index >= 15 is 0 Å². The van der Waals surface area contributed by atoms with Crippen molar-refractivity contribution in [2.24, 2.45) is 0 Å². The predicted octanol–water partition coefficient (Wildman–Crippen LogP) is 5.46. The Morgan fingerprint density at radius 3 is 2.39 bits per heavy atom. The van der Waals surface area contributed by atoms with E-state index in [4.69, 9.17) is 21.1 Å². The van der Waals surface area contributed by atoms with Gasteiger partial charge < -0.3 is 20.1 Å². The highest BCUT2D eigenvalue weighted by atomic mass is 35.5. The molecule has 0 saturated heterocycles. The van der Waals surface area contributed by atoms with Crippen LogP contribution in [0.15, 0.2) is 48.5 Å². The number of amides is 2. The summed E-state index contributed by atoms with van der Waals surface area (Å²) < 4.78 is 10.6. The van der Waals surface area contributed by atoms with Crippen LogP contribution in [0.5, 0.6) is 5.75 Å². The molecule has 0 atom stereocenters. The van der Waals surface area contributed by atoms with Crippen molar-refractivity contribution in [3.05, 3.63) is 75.1 Å².